The summed E-state index contributed by atoms with van der Waals surface area (Å²) in [5, 5.41) is 9.15. The molecule has 3 N–H and O–H groups in total. The van der Waals surface area contributed by atoms with Gasteiger partial charge in [0.1, 0.15) is 0 Å². The average molecular weight is 314 g/mol. The van der Waals surface area contributed by atoms with Gasteiger partial charge in [0.25, 0.3) is 0 Å². The molecule has 1 aromatic heterocycles. The first-order chi connectivity index (χ1) is 10.4. The van der Waals surface area contributed by atoms with Gasteiger partial charge in [-0.05, 0) is 28.0 Å². The quantitative estimate of drug-likeness (QED) is 0.385. The highest BCUT2D eigenvalue weighted by molar-refractivity contribution is 6.00. The third-order valence-corrected chi connectivity index (χ3v) is 2.56. The first-order valence-corrected chi connectivity index (χ1v) is 5.79. The van der Waals surface area contributed by atoms with Gasteiger partial charge >= 0.3 is 6.18 Å². The molecule has 116 valence electrons. The number of hydrogen-bond donors (Lipinski definition) is 2. The van der Waals surface area contributed by atoms with E-state index in [9.17, 15) is 18.1 Å². The van der Waals surface area contributed by atoms with E-state index >= 15 is 0 Å². The number of hydrogen-bond acceptors (Lipinski definition) is 7. The summed E-state index contributed by atoms with van der Waals surface area (Å²) in [5.41, 5.74) is 6.85. The molecular formula is C11H9F3N6O2. The van der Waals surface area contributed by atoms with Crippen molar-refractivity contribution in [2.45, 2.75) is 12.7 Å². The molecule has 0 atom stereocenters. The summed E-state index contributed by atoms with van der Waals surface area (Å²) < 4.78 is 42.2. The fraction of sp³-hybridized carbons (Fsp3) is 0.182. The third-order valence-electron chi connectivity index (χ3n) is 2.56. The fourth-order valence-electron chi connectivity index (χ4n) is 1.58. The average Bonchev–Trinajstić information content (AvgIpc) is 2.89. The maximum atomic E-state index is 12.6. The Hall–Kier alpha value is -2.98. The Balaban J connectivity index is 2.25. The number of halogens is 3. The molecule has 22 heavy (non-hydrogen) atoms. The van der Waals surface area contributed by atoms with Gasteiger partial charge in [-0.25, -0.2) is 10.1 Å². The van der Waals surface area contributed by atoms with E-state index in [2.05, 4.69) is 25.2 Å². The van der Waals surface area contributed by atoms with Crippen LogP contribution in [0.25, 0.3) is 0 Å². The predicted molar refractivity (Wildman–Crippen MR) is 69.3 cm³/mol. The van der Waals surface area contributed by atoms with Crippen LogP contribution in [0.15, 0.2) is 39.2 Å². The molecule has 8 nitrogen and oxygen atoms in total. The SMILES string of the molecule is Nc1nonc1C(=NCc1cccc(C(F)(F)F)c1)NN=O. The molecular weight excluding hydrogens is 305 g/mol. The minimum absolute atomic E-state index is 0.0634. The summed E-state index contributed by atoms with van der Waals surface area (Å²) in [6, 6.07) is 4.60. The number of nitrogens with two attached hydrogens (primary N) is 1. The van der Waals surface area contributed by atoms with E-state index < -0.39 is 11.7 Å². The van der Waals surface area contributed by atoms with Crippen LogP contribution in [0.3, 0.4) is 0 Å². The highest BCUT2D eigenvalue weighted by Crippen LogP contribution is 2.29. The number of amidine groups is 1. The molecule has 11 heteroatoms. The second-order valence-corrected chi connectivity index (χ2v) is 4.06. The van der Waals surface area contributed by atoms with Crippen molar-refractivity contribution < 1.29 is 17.8 Å². The zero-order chi connectivity index (χ0) is 16.2. The fourth-order valence-corrected chi connectivity index (χ4v) is 1.58. The van der Waals surface area contributed by atoms with Crippen LogP contribution < -0.4 is 11.2 Å². The van der Waals surface area contributed by atoms with Gasteiger partial charge in [0.05, 0.1) is 17.4 Å². The van der Waals surface area contributed by atoms with Crippen molar-refractivity contribution in [3.63, 3.8) is 0 Å². The lowest BCUT2D eigenvalue weighted by Gasteiger charge is -2.07. The smallest absolute Gasteiger partial charge is 0.379 e. The second-order valence-electron chi connectivity index (χ2n) is 4.06. The van der Waals surface area contributed by atoms with E-state index in [0.29, 0.717) is 0 Å². The van der Waals surface area contributed by atoms with Gasteiger partial charge in [-0.15, -0.1) is 4.91 Å². The van der Waals surface area contributed by atoms with Gasteiger partial charge in [-0.2, -0.15) is 13.2 Å². The second kappa shape index (κ2) is 6.20. The third kappa shape index (κ3) is 3.56. The number of nitrogen functional groups attached to an aromatic ring is 1. The van der Waals surface area contributed by atoms with Crippen LogP contribution in [0.1, 0.15) is 16.8 Å². The molecule has 0 saturated heterocycles. The van der Waals surface area contributed by atoms with Crippen LogP contribution in [0.5, 0.6) is 0 Å². The first-order valence-electron chi connectivity index (χ1n) is 5.79. The van der Waals surface area contributed by atoms with E-state index in [0.717, 1.165) is 12.1 Å². The van der Waals surface area contributed by atoms with Gasteiger partial charge in [-0.3, -0.25) is 4.99 Å². The van der Waals surface area contributed by atoms with Crippen LogP contribution in [0, 0.1) is 4.91 Å². The molecule has 1 aromatic carbocycles. The minimum Gasteiger partial charge on any atom is -0.379 e. The number of aromatic nitrogens is 2. The maximum Gasteiger partial charge on any atom is 0.416 e. The van der Waals surface area contributed by atoms with Gasteiger partial charge in [0.15, 0.2) is 17.3 Å². The van der Waals surface area contributed by atoms with Gasteiger partial charge < -0.3 is 5.73 Å². The molecule has 0 aliphatic rings. The molecule has 0 radical (unpaired) electrons. The van der Waals surface area contributed by atoms with Crippen molar-refractivity contribution in [1.82, 2.24) is 15.7 Å². The number of benzene rings is 1. The number of nitroso groups, excluding NO2 is 1. The summed E-state index contributed by atoms with van der Waals surface area (Å²) in [6.07, 6.45) is -4.45. The number of nitrogens with one attached hydrogen (secondary N) is 1. The highest BCUT2D eigenvalue weighted by atomic mass is 19.4. The predicted octanol–water partition coefficient (Wildman–Crippen LogP) is 1.89. The van der Waals surface area contributed by atoms with E-state index in [1.54, 1.807) is 0 Å². The van der Waals surface area contributed by atoms with Crippen molar-refractivity contribution in [3.05, 3.63) is 46.0 Å². The van der Waals surface area contributed by atoms with E-state index in [4.69, 9.17) is 5.73 Å². The van der Waals surface area contributed by atoms with E-state index in [-0.39, 0.29) is 29.5 Å². The van der Waals surface area contributed by atoms with Crippen molar-refractivity contribution in [1.29, 1.82) is 0 Å². The van der Waals surface area contributed by atoms with E-state index in [1.807, 2.05) is 5.43 Å². The Morgan fingerprint density at radius 2 is 2.14 bits per heavy atom. The lowest BCUT2D eigenvalue weighted by molar-refractivity contribution is -0.137. The van der Waals surface area contributed by atoms with Crippen molar-refractivity contribution in [2.75, 3.05) is 5.73 Å². The highest BCUT2D eigenvalue weighted by Gasteiger charge is 2.30. The summed E-state index contributed by atoms with van der Waals surface area (Å²) in [6.45, 7) is -0.159. The topological polar surface area (TPSA) is 119 Å². The minimum atomic E-state index is -4.45. The summed E-state index contributed by atoms with van der Waals surface area (Å²) >= 11 is 0. The van der Waals surface area contributed by atoms with Crippen LogP contribution in [-0.2, 0) is 12.7 Å². The maximum absolute atomic E-state index is 12.6. The molecule has 1 heterocycles. The zero-order valence-corrected chi connectivity index (χ0v) is 10.8. The molecule has 0 unspecified atom stereocenters. The number of nitrogens with zero attached hydrogens (tertiary/aromatic N) is 4. The van der Waals surface area contributed by atoms with Gasteiger partial charge in [0, 0.05) is 0 Å². The first kappa shape index (κ1) is 15.4. The molecule has 2 aromatic rings. The van der Waals surface area contributed by atoms with Crippen LogP contribution in [0.4, 0.5) is 19.0 Å². The van der Waals surface area contributed by atoms with Gasteiger partial charge in [-0.1, -0.05) is 12.1 Å². The number of aliphatic imine (C=N–C) groups is 1. The van der Waals surface area contributed by atoms with Gasteiger partial charge in [0.2, 0.25) is 0 Å². The number of anilines is 1. The molecule has 0 saturated carbocycles. The zero-order valence-electron chi connectivity index (χ0n) is 10.8. The lowest BCUT2D eigenvalue weighted by atomic mass is 10.1. The molecule has 0 aliphatic carbocycles. The molecule has 0 bridgehead atoms. The van der Waals surface area contributed by atoms with Crippen molar-refractivity contribution in [2.24, 2.45) is 10.3 Å². The summed E-state index contributed by atoms with van der Waals surface area (Å²) in [7, 11) is 0. The standard InChI is InChI=1S/C11H9F3N6O2/c12-11(13,14)7-3-1-2-6(4-7)5-16-10(17-20-21)8-9(15)19-22-18-8/h1-4H,5H2,(H2,15,19)(H,16,17,21). The van der Waals surface area contributed by atoms with Crippen LogP contribution >= 0.6 is 0 Å². The van der Waals surface area contributed by atoms with Crippen LogP contribution in [-0.4, -0.2) is 16.1 Å². The van der Waals surface area contributed by atoms with Crippen molar-refractivity contribution >= 4 is 11.7 Å². The molecule has 2 rings (SSSR count). The molecule has 0 spiro atoms. The Bertz CT molecular complexity index is 697. The molecule has 0 aliphatic heterocycles. The van der Waals surface area contributed by atoms with Crippen molar-refractivity contribution in [3.8, 4) is 0 Å². The largest absolute Gasteiger partial charge is 0.416 e. The Morgan fingerprint density at radius 3 is 2.73 bits per heavy atom. The Morgan fingerprint density at radius 1 is 1.36 bits per heavy atom. The molecule has 0 amide bonds. The Labute approximate surface area is 121 Å². The number of rotatable bonds is 4. The lowest BCUT2D eigenvalue weighted by Crippen LogP contribution is -2.20. The van der Waals surface area contributed by atoms with E-state index in [1.165, 1.54) is 12.1 Å². The summed E-state index contributed by atoms with van der Waals surface area (Å²) in [4.78, 5) is 14.2. The monoisotopic (exact) mass is 314 g/mol. The Kier molecular flexibility index (Phi) is 4.34. The molecule has 0 fully saturated rings. The van der Waals surface area contributed by atoms with Crippen LogP contribution in [0.2, 0.25) is 0 Å². The number of alkyl halides is 3. The normalized spacial score (nSPS) is 12.2. The summed E-state index contributed by atoms with van der Waals surface area (Å²) in [5.74, 6) is -0.301.